The number of nitrogens with one attached hydrogen (secondary N) is 1. The van der Waals surface area contributed by atoms with Gasteiger partial charge in [0.25, 0.3) is 0 Å². The van der Waals surface area contributed by atoms with Gasteiger partial charge in [0.15, 0.2) is 5.82 Å². The second-order valence-electron chi connectivity index (χ2n) is 3.89. The van der Waals surface area contributed by atoms with E-state index in [1.165, 1.54) is 4.80 Å². The Morgan fingerprint density at radius 3 is 2.20 bits per heavy atom. The van der Waals surface area contributed by atoms with Crippen LogP contribution in [0.25, 0.3) is 0 Å². The predicted molar refractivity (Wildman–Crippen MR) is 59.2 cm³/mol. The molecule has 0 aliphatic heterocycles. The maximum absolute atomic E-state index is 4.15. The molecular weight excluding hydrogens is 190 g/mol. The maximum Gasteiger partial charge on any atom is 0.188 e. The molecule has 0 radical (unpaired) electrons. The van der Waals surface area contributed by atoms with Crippen molar-refractivity contribution in [3.8, 4) is 0 Å². The number of aryl methyl sites for hydroxylation is 1. The molecule has 0 aliphatic rings. The van der Waals surface area contributed by atoms with Crippen LogP contribution in [0.2, 0.25) is 0 Å². The molecule has 1 N–H and O–H groups in total. The molecular formula is C10H21N5. The molecule has 0 aliphatic carbocycles. The van der Waals surface area contributed by atoms with E-state index in [-0.39, 0.29) is 5.54 Å². The van der Waals surface area contributed by atoms with E-state index in [0.29, 0.717) is 6.54 Å². The maximum atomic E-state index is 4.15. The van der Waals surface area contributed by atoms with Crippen LogP contribution in [0.5, 0.6) is 0 Å². The average Bonchev–Trinajstić information content (AvgIpc) is 2.67. The highest BCUT2D eigenvalue weighted by Crippen LogP contribution is 2.19. The summed E-state index contributed by atoms with van der Waals surface area (Å²) in [5.74, 6) is 0.761. The van der Waals surface area contributed by atoms with E-state index >= 15 is 0 Å². The van der Waals surface area contributed by atoms with E-state index in [9.17, 15) is 0 Å². The van der Waals surface area contributed by atoms with Crippen molar-refractivity contribution in [2.75, 3.05) is 0 Å². The first kappa shape index (κ1) is 12.1. The molecule has 15 heavy (non-hydrogen) atoms. The van der Waals surface area contributed by atoms with Crippen molar-refractivity contribution in [2.24, 2.45) is 7.05 Å². The lowest BCUT2D eigenvalue weighted by Gasteiger charge is -2.31. The minimum Gasteiger partial charge on any atom is -0.304 e. The first-order chi connectivity index (χ1) is 7.15. The van der Waals surface area contributed by atoms with Crippen molar-refractivity contribution in [1.82, 2.24) is 25.5 Å². The second kappa shape index (κ2) is 5.21. The summed E-state index contributed by atoms with van der Waals surface area (Å²) in [6.45, 7) is 7.33. The zero-order valence-electron chi connectivity index (χ0n) is 10.1. The molecule has 1 heterocycles. The lowest BCUT2D eigenvalue weighted by Crippen LogP contribution is -2.43. The highest BCUT2D eigenvalue weighted by Gasteiger charge is 2.23. The Kier molecular flexibility index (Phi) is 4.20. The second-order valence-corrected chi connectivity index (χ2v) is 3.89. The molecule has 0 saturated heterocycles. The van der Waals surface area contributed by atoms with Gasteiger partial charge >= 0.3 is 0 Å². The molecule has 1 aromatic rings. The van der Waals surface area contributed by atoms with E-state index in [0.717, 1.165) is 25.1 Å². The molecule has 0 bridgehead atoms. The van der Waals surface area contributed by atoms with Crippen molar-refractivity contribution in [1.29, 1.82) is 0 Å². The van der Waals surface area contributed by atoms with Crippen LogP contribution in [0.1, 0.15) is 45.9 Å². The van der Waals surface area contributed by atoms with E-state index in [2.05, 4.69) is 41.5 Å². The largest absolute Gasteiger partial charge is 0.304 e. The molecule has 0 fully saturated rings. The predicted octanol–water partition coefficient (Wildman–Crippen LogP) is 1.27. The van der Waals surface area contributed by atoms with Gasteiger partial charge < -0.3 is 5.32 Å². The molecule has 1 rings (SSSR count). The topological polar surface area (TPSA) is 55.6 Å². The van der Waals surface area contributed by atoms with Crippen LogP contribution < -0.4 is 5.32 Å². The zero-order valence-corrected chi connectivity index (χ0v) is 10.1. The Labute approximate surface area is 91.2 Å². The van der Waals surface area contributed by atoms with Gasteiger partial charge in [-0.2, -0.15) is 4.80 Å². The zero-order chi connectivity index (χ0) is 11.3. The summed E-state index contributed by atoms with van der Waals surface area (Å²) in [5, 5.41) is 15.5. The van der Waals surface area contributed by atoms with Crippen LogP contribution in [0, 0.1) is 0 Å². The van der Waals surface area contributed by atoms with Gasteiger partial charge in [0.2, 0.25) is 0 Å². The van der Waals surface area contributed by atoms with Crippen LogP contribution in [0.3, 0.4) is 0 Å². The van der Waals surface area contributed by atoms with Gasteiger partial charge in [0.05, 0.1) is 13.6 Å². The molecule has 0 aromatic carbocycles. The Bertz CT molecular complexity index is 281. The SMILES string of the molecule is CCC(CC)(CC)NCc1nnn(C)n1. The Balaban J connectivity index is 2.54. The molecule has 0 spiro atoms. The van der Waals surface area contributed by atoms with Gasteiger partial charge in [-0.25, -0.2) is 0 Å². The Hall–Kier alpha value is -0.970. The quantitative estimate of drug-likeness (QED) is 0.770. The molecule has 0 atom stereocenters. The Morgan fingerprint density at radius 1 is 1.20 bits per heavy atom. The van der Waals surface area contributed by atoms with Crippen LogP contribution in [-0.2, 0) is 13.6 Å². The van der Waals surface area contributed by atoms with Crippen LogP contribution in [0.4, 0.5) is 0 Å². The third kappa shape index (κ3) is 2.99. The minimum atomic E-state index is 0.221. The third-order valence-electron chi connectivity index (χ3n) is 3.20. The lowest BCUT2D eigenvalue weighted by atomic mass is 9.90. The summed E-state index contributed by atoms with van der Waals surface area (Å²) in [6, 6.07) is 0. The summed E-state index contributed by atoms with van der Waals surface area (Å²) < 4.78 is 0. The van der Waals surface area contributed by atoms with Gasteiger partial charge in [-0.15, -0.1) is 10.2 Å². The van der Waals surface area contributed by atoms with Crippen LogP contribution >= 0.6 is 0 Å². The molecule has 5 heteroatoms. The number of aromatic nitrogens is 4. The summed E-state index contributed by atoms with van der Waals surface area (Å²) in [4.78, 5) is 1.49. The summed E-state index contributed by atoms with van der Waals surface area (Å²) in [7, 11) is 1.78. The summed E-state index contributed by atoms with van der Waals surface area (Å²) in [5.41, 5.74) is 0.221. The van der Waals surface area contributed by atoms with E-state index < -0.39 is 0 Å². The third-order valence-corrected chi connectivity index (χ3v) is 3.20. The van der Waals surface area contributed by atoms with Crippen molar-refractivity contribution < 1.29 is 0 Å². The normalized spacial score (nSPS) is 12.0. The standard InChI is InChI=1S/C10H21N5/c1-5-10(6-2,7-3)11-8-9-12-14-15(4)13-9/h11H,5-8H2,1-4H3. The minimum absolute atomic E-state index is 0.221. The van der Waals surface area contributed by atoms with Gasteiger partial charge in [-0.3, -0.25) is 0 Å². The molecule has 0 amide bonds. The Morgan fingerprint density at radius 2 is 1.80 bits per heavy atom. The van der Waals surface area contributed by atoms with Gasteiger partial charge in [0, 0.05) is 5.54 Å². The fourth-order valence-electron chi connectivity index (χ4n) is 1.79. The summed E-state index contributed by atoms with van der Waals surface area (Å²) >= 11 is 0. The van der Waals surface area contributed by atoms with Crippen molar-refractivity contribution in [3.05, 3.63) is 5.82 Å². The number of hydrogen-bond donors (Lipinski definition) is 1. The summed E-state index contributed by atoms with van der Waals surface area (Å²) in [6.07, 6.45) is 3.38. The van der Waals surface area contributed by atoms with Crippen LogP contribution in [0.15, 0.2) is 0 Å². The number of nitrogens with zero attached hydrogens (tertiary/aromatic N) is 4. The van der Waals surface area contributed by atoms with Gasteiger partial charge in [0.1, 0.15) is 0 Å². The van der Waals surface area contributed by atoms with E-state index in [1.807, 2.05) is 0 Å². The van der Waals surface area contributed by atoms with Gasteiger partial charge in [-0.1, -0.05) is 20.8 Å². The fourth-order valence-corrected chi connectivity index (χ4v) is 1.79. The van der Waals surface area contributed by atoms with Crippen LogP contribution in [-0.4, -0.2) is 25.7 Å². The van der Waals surface area contributed by atoms with E-state index in [4.69, 9.17) is 0 Å². The monoisotopic (exact) mass is 211 g/mol. The average molecular weight is 211 g/mol. The molecule has 5 nitrogen and oxygen atoms in total. The van der Waals surface area contributed by atoms with Crippen molar-refractivity contribution in [3.63, 3.8) is 0 Å². The molecule has 0 saturated carbocycles. The lowest BCUT2D eigenvalue weighted by molar-refractivity contribution is 0.285. The smallest absolute Gasteiger partial charge is 0.188 e. The highest BCUT2D eigenvalue weighted by atomic mass is 15.6. The van der Waals surface area contributed by atoms with Crippen molar-refractivity contribution in [2.45, 2.75) is 52.1 Å². The molecule has 0 unspecified atom stereocenters. The molecule has 1 aromatic heterocycles. The van der Waals surface area contributed by atoms with Crippen molar-refractivity contribution >= 4 is 0 Å². The fraction of sp³-hybridized carbons (Fsp3) is 0.900. The number of tetrazole rings is 1. The van der Waals surface area contributed by atoms with E-state index in [1.54, 1.807) is 7.05 Å². The van der Waals surface area contributed by atoms with Gasteiger partial charge in [-0.05, 0) is 24.5 Å². The number of hydrogen-bond acceptors (Lipinski definition) is 4. The first-order valence-corrected chi connectivity index (χ1v) is 5.63. The molecule has 86 valence electrons. The first-order valence-electron chi connectivity index (χ1n) is 5.63. The number of rotatable bonds is 6. The highest BCUT2D eigenvalue weighted by molar-refractivity contribution is 4.87.